The van der Waals surface area contributed by atoms with Gasteiger partial charge in [0.05, 0.1) is 11.2 Å². The highest BCUT2D eigenvalue weighted by Gasteiger charge is 2.18. The van der Waals surface area contributed by atoms with E-state index in [1.807, 2.05) is 6.07 Å². The highest BCUT2D eigenvalue weighted by Crippen LogP contribution is 2.29. The minimum Gasteiger partial charge on any atom is -0.340 e. The minimum absolute atomic E-state index is 0.171. The molecular weight excluding hydrogens is 454 g/mol. The van der Waals surface area contributed by atoms with E-state index >= 15 is 0 Å². The van der Waals surface area contributed by atoms with Crippen LogP contribution in [0.1, 0.15) is 17.4 Å². The molecule has 0 bridgehead atoms. The zero-order valence-corrected chi connectivity index (χ0v) is 17.5. The molecule has 2 amide bonds. The summed E-state index contributed by atoms with van der Waals surface area (Å²) in [7, 11) is 1.77. The number of rotatable bonds is 4. The molecule has 0 saturated carbocycles. The molecule has 0 fully saturated rings. The molecule has 0 aliphatic rings. The lowest BCUT2D eigenvalue weighted by molar-refractivity contribution is -0.114. The summed E-state index contributed by atoms with van der Waals surface area (Å²) in [5.41, 5.74) is 2.82. The molecule has 3 N–H and O–H groups in total. The van der Waals surface area contributed by atoms with Crippen LogP contribution in [-0.2, 0) is 11.8 Å². The number of halogens is 1. The van der Waals surface area contributed by atoms with Gasteiger partial charge < -0.3 is 15.2 Å². The van der Waals surface area contributed by atoms with Gasteiger partial charge in [0, 0.05) is 35.1 Å². The second-order valence-corrected chi connectivity index (χ2v) is 7.55. The lowest BCUT2D eigenvalue weighted by atomic mass is 10.1. The van der Waals surface area contributed by atoms with Crippen LogP contribution in [0.3, 0.4) is 0 Å². The van der Waals surface area contributed by atoms with Crippen molar-refractivity contribution in [3.8, 4) is 11.4 Å². The number of hydrogen-bond donors (Lipinski definition) is 3. The molecule has 2 aromatic carbocycles. The summed E-state index contributed by atoms with van der Waals surface area (Å²) in [6.07, 6.45) is 0. The number of hydrogen-bond acceptors (Lipinski definition) is 5. The van der Waals surface area contributed by atoms with Crippen LogP contribution in [0.4, 0.5) is 11.4 Å². The largest absolute Gasteiger partial charge is 0.439 e. The molecule has 0 saturated heterocycles. The van der Waals surface area contributed by atoms with Crippen molar-refractivity contribution in [1.82, 2.24) is 14.7 Å². The SMILES string of the molecule is CC(=O)Nc1ccc2cc(C(=O)Nc3ccc(Br)cc3-c3noc(=O)[nH]3)n(C)c2c1. The number of amides is 2. The van der Waals surface area contributed by atoms with E-state index in [0.29, 0.717) is 22.6 Å². The first-order valence-corrected chi connectivity index (χ1v) is 9.65. The van der Waals surface area contributed by atoms with Crippen LogP contribution in [0.15, 0.2) is 56.3 Å². The molecule has 4 aromatic rings. The van der Waals surface area contributed by atoms with Crippen LogP contribution in [0.25, 0.3) is 22.3 Å². The molecule has 0 aliphatic heterocycles. The van der Waals surface area contributed by atoms with Gasteiger partial charge in [-0.2, -0.15) is 0 Å². The third-order valence-corrected chi connectivity index (χ3v) is 5.02. The molecule has 2 heterocycles. The van der Waals surface area contributed by atoms with Crippen LogP contribution in [-0.4, -0.2) is 26.5 Å². The van der Waals surface area contributed by atoms with Crippen LogP contribution in [0.2, 0.25) is 0 Å². The van der Waals surface area contributed by atoms with E-state index in [1.54, 1.807) is 48.0 Å². The van der Waals surface area contributed by atoms with E-state index in [-0.39, 0.29) is 17.6 Å². The quantitative estimate of drug-likeness (QED) is 0.422. The third kappa shape index (κ3) is 3.77. The molecule has 0 spiro atoms. The molecule has 10 heteroatoms. The smallest absolute Gasteiger partial charge is 0.340 e. The average Bonchev–Trinajstić information content (AvgIpc) is 3.26. The number of aromatic amines is 1. The molecule has 0 atom stereocenters. The fourth-order valence-electron chi connectivity index (χ4n) is 3.18. The van der Waals surface area contributed by atoms with E-state index in [9.17, 15) is 14.4 Å². The van der Waals surface area contributed by atoms with Gasteiger partial charge in [-0.05, 0) is 36.4 Å². The van der Waals surface area contributed by atoms with E-state index < -0.39 is 5.76 Å². The number of carbonyl (C=O) groups excluding carboxylic acids is 2. The first-order valence-electron chi connectivity index (χ1n) is 8.86. The van der Waals surface area contributed by atoms with Gasteiger partial charge in [0.2, 0.25) is 5.91 Å². The molecule has 0 aliphatic carbocycles. The van der Waals surface area contributed by atoms with Gasteiger partial charge in [-0.3, -0.25) is 19.1 Å². The molecule has 0 radical (unpaired) electrons. The van der Waals surface area contributed by atoms with Gasteiger partial charge in [0.1, 0.15) is 5.69 Å². The summed E-state index contributed by atoms with van der Waals surface area (Å²) >= 11 is 3.37. The maximum absolute atomic E-state index is 13.0. The standard InChI is InChI=1S/C20H16BrN5O4/c1-10(27)22-13-5-3-11-7-17(26(2)16(11)9-13)19(28)23-15-6-4-12(21)8-14(15)18-24-20(29)30-25-18/h3-9H,1-2H3,(H,22,27)(H,23,28)(H,24,25,29). The molecule has 30 heavy (non-hydrogen) atoms. The summed E-state index contributed by atoms with van der Waals surface area (Å²) in [5, 5.41) is 10.1. The highest BCUT2D eigenvalue weighted by molar-refractivity contribution is 9.10. The Morgan fingerprint density at radius 2 is 1.93 bits per heavy atom. The fourth-order valence-corrected chi connectivity index (χ4v) is 3.54. The van der Waals surface area contributed by atoms with E-state index in [0.717, 1.165) is 15.4 Å². The second-order valence-electron chi connectivity index (χ2n) is 6.63. The number of nitrogens with one attached hydrogen (secondary N) is 3. The van der Waals surface area contributed by atoms with Crippen molar-refractivity contribution in [2.24, 2.45) is 7.05 Å². The molecule has 9 nitrogen and oxygen atoms in total. The highest BCUT2D eigenvalue weighted by atomic mass is 79.9. The number of anilines is 2. The van der Waals surface area contributed by atoms with Gasteiger partial charge in [0.15, 0.2) is 5.82 Å². The maximum atomic E-state index is 13.0. The second kappa shape index (κ2) is 7.64. The lowest BCUT2D eigenvalue weighted by Crippen LogP contribution is -2.16. The van der Waals surface area contributed by atoms with Crippen molar-refractivity contribution in [3.05, 3.63) is 63.2 Å². The van der Waals surface area contributed by atoms with Gasteiger partial charge >= 0.3 is 5.76 Å². The number of benzene rings is 2. The number of nitrogens with zero attached hydrogens (tertiary/aromatic N) is 2. The number of aryl methyl sites for hydroxylation is 1. The molecule has 0 unspecified atom stereocenters. The fraction of sp³-hybridized carbons (Fsp3) is 0.100. The first-order chi connectivity index (χ1) is 14.3. The summed E-state index contributed by atoms with van der Waals surface area (Å²) in [6, 6.07) is 12.4. The zero-order chi connectivity index (χ0) is 21.4. The first kappa shape index (κ1) is 19.6. The van der Waals surface area contributed by atoms with Gasteiger partial charge in [-0.1, -0.05) is 27.2 Å². The summed E-state index contributed by atoms with van der Waals surface area (Å²) in [6.45, 7) is 1.44. The summed E-state index contributed by atoms with van der Waals surface area (Å²) in [4.78, 5) is 38.1. The number of H-pyrrole nitrogens is 1. The Morgan fingerprint density at radius 3 is 2.63 bits per heavy atom. The van der Waals surface area contributed by atoms with Crippen molar-refractivity contribution < 1.29 is 14.1 Å². The van der Waals surface area contributed by atoms with Crippen molar-refractivity contribution >= 4 is 50.0 Å². The third-order valence-electron chi connectivity index (χ3n) is 4.52. The number of aromatic nitrogens is 3. The number of carbonyl (C=O) groups is 2. The molecule has 152 valence electrons. The Morgan fingerprint density at radius 1 is 1.13 bits per heavy atom. The van der Waals surface area contributed by atoms with Crippen molar-refractivity contribution in [1.29, 1.82) is 0 Å². The molecule has 4 rings (SSSR count). The monoisotopic (exact) mass is 469 g/mol. The van der Waals surface area contributed by atoms with E-state index in [2.05, 4.69) is 41.2 Å². The average molecular weight is 470 g/mol. The Balaban J connectivity index is 1.69. The van der Waals surface area contributed by atoms with Crippen LogP contribution in [0.5, 0.6) is 0 Å². The van der Waals surface area contributed by atoms with Crippen molar-refractivity contribution in [3.63, 3.8) is 0 Å². The van der Waals surface area contributed by atoms with E-state index in [4.69, 9.17) is 0 Å². The van der Waals surface area contributed by atoms with E-state index in [1.165, 1.54) is 6.92 Å². The molecule has 2 aromatic heterocycles. The van der Waals surface area contributed by atoms with Gasteiger partial charge in [0.25, 0.3) is 5.91 Å². The predicted octanol–water partition coefficient (Wildman–Crippen LogP) is 3.49. The Kier molecular flexibility index (Phi) is 5.00. The van der Waals surface area contributed by atoms with Crippen molar-refractivity contribution in [2.75, 3.05) is 10.6 Å². The minimum atomic E-state index is -0.689. The summed E-state index contributed by atoms with van der Waals surface area (Å²) < 4.78 is 7.07. The van der Waals surface area contributed by atoms with Crippen molar-refractivity contribution in [2.45, 2.75) is 6.92 Å². The van der Waals surface area contributed by atoms with Crippen LogP contribution >= 0.6 is 15.9 Å². The van der Waals surface area contributed by atoms with Gasteiger partial charge in [-0.25, -0.2) is 4.79 Å². The van der Waals surface area contributed by atoms with Crippen LogP contribution < -0.4 is 16.4 Å². The Bertz CT molecular complexity index is 1350. The zero-order valence-electron chi connectivity index (χ0n) is 15.9. The molecular formula is C20H16BrN5O4. The number of fused-ring (bicyclic) bond motifs is 1. The maximum Gasteiger partial charge on any atom is 0.439 e. The predicted molar refractivity (Wildman–Crippen MR) is 115 cm³/mol. The normalized spacial score (nSPS) is 10.9. The lowest BCUT2D eigenvalue weighted by Gasteiger charge is -2.10. The van der Waals surface area contributed by atoms with Crippen LogP contribution in [0, 0.1) is 0 Å². The Hall–Kier alpha value is -3.66. The summed E-state index contributed by atoms with van der Waals surface area (Å²) in [5.74, 6) is -1.00. The van der Waals surface area contributed by atoms with Gasteiger partial charge in [-0.15, -0.1) is 0 Å². The topological polar surface area (TPSA) is 122 Å². The Labute approximate surface area is 178 Å².